The lowest BCUT2D eigenvalue weighted by Crippen LogP contribution is -2.46. The number of rotatable bonds is 7. The number of hydrogen-bond donors (Lipinski definition) is 1. The molecule has 0 aliphatic heterocycles. The molecule has 0 aromatic rings. The highest BCUT2D eigenvalue weighted by Crippen LogP contribution is 2.01. The van der Waals surface area contributed by atoms with Gasteiger partial charge in [-0.15, -0.1) is 0 Å². The number of carbonyl (C=O) groups excluding carboxylic acids is 2. The van der Waals surface area contributed by atoms with E-state index in [-0.39, 0.29) is 24.9 Å². The molecule has 1 N–H and O–H groups in total. The minimum atomic E-state index is -0.879. The lowest BCUT2D eigenvalue weighted by molar-refractivity contribution is -0.137. The average Bonchev–Trinajstić information content (AvgIpc) is 2.33. The molecule has 110 valence electrons. The van der Waals surface area contributed by atoms with E-state index in [9.17, 15) is 14.4 Å². The van der Waals surface area contributed by atoms with Crippen LogP contribution in [0.4, 0.5) is 4.79 Å². The summed E-state index contributed by atoms with van der Waals surface area (Å²) in [6.45, 7) is 2.62. The number of likely N-dealkylation sites (N-methyl/N-ethyl adjacent to an activating group) is 2. The number of urea groups is 1. The third-order valence-electron chi connectivity index (χ3n) is 2.69. The summed E-state index contributed by atoms with van der Waals surface area (Å²) in [5.41, 5.74) is 0. The third-order valence-corrected chi connectivity index (χ3v) is 2.69. The van der Waals surface area contributed by atoms with Crippen LogP contribution in [0, 0.1) is 0 Å². The summed E-state index contributed by atoms with van der Waals surface area (Å²) >= 11 is 0. The second-order valence-corrected chi connectivity index (χ2v) is 4.50. The normalized spacial score (nSPS) is 9.89. The molecule has 7 nitrogen and oxygen atoms in total. The zero-order valence-corrected chi connectivity index (χ0v) is 12.0. The fourth-order valence-electron chi connectivity index (χ4n) is 1.42. The maximum Gasteiger partial charge on any atom is 0.320 e. The highest BCUT2D eigenvalue weighted by Gasteiger charge is 2.19. The second-order valence-electron chi connectivity index (χ2n) is 4.50. The molecule has 0 atom stereocenters. The molecule has 0 aromatic carbocycles. The Kier molecular flexibility index (Phi) is 7.55. The van der Waals surface area contributed by atoms with Crippen molar-refractivity contribution in [3.8, 4) is 0 Å². The van der Waals surface area contributed by atoms with Gasteiger partial charge in [0.05, 0.1) is 0 Å². The lowest BCUT2D eigenvalue weighted by Gasteiger charge is -2.27. The van der Waals surface area contributed by atoms with Crippen molar-refractivity contribution in [1.82, 2.24) is 14.7 Å². The molecule has 0 bridgehead atoms. The smallest absolute Gasteiger partial charge is 0.320 e. The fourth-order valence-corrected chi connectivity index (χ4v) is 1.42. The van der Waals surface area contributed by atoms with Gasteiger partial charge in [0.15, 0.2) is 0 Å². The first-order valence-electron chi connectivity index (χ1n) is 6.21. The van der Waals surface area contributed by atoms with E-state index in [2.05, 4.69) is 0 Å². The van der Waals surface area contributed by atoms with Crippen LogP contribution in [0.1, 0.15) is 19.8 Å². The van der Waals surface area contributed by atoms with Crippen LogP contribution in [-0.2, 0) is 9.59 Å². The summed E-state index contributed by atoms with van der Waals surface area (Å²) in [5, 5.41) is 8.54. The molecule has 0 unspecified atom stereocenters. The predicted molar refractivity (Wildman–Crippen MR) is 70.8 cm³/mol. The predicted octanol–water partition coefficient (Wildman–Crippen LogP) is 0.313. The van der Waals surface area contributed by atoms with Crippen LogP contribution in [-0.4, -0.2) is 78.5 Å². The Balaban J connectivity index is 4.32. The monoisotopic (exact) mass is 273 g/mol. The van der Waals surface area contributed by atoms with Crippen molar-refractivity contribution in [2.24, 2.45) is 0 Å². The van der Waals surface area contributed by atoms with E-state index in [1.54, 1.807) is 28.1 Å². The maximum atomic E-state index is 12.0. The van der Waals surface area contributed by atoms with Gasteiger partial charge in [0.1, 0.15) is 6.54 Å². The molecule has 0 heterocycles. The molecule has 0 aliphatic rings. The van der Waals surface area contributed by atoms with E-state index in [1.165, 1.54) is 14.7 Å². The van der Waals surface area contributed by atoms with Crippen molar-refractivity contribution in [3.63, 3.8) is 0 Å². The van der Waals surface area contributed by atoms with Crippen molar-refractivity contribution in [2.45, 2.75) is 19.8 Å². The molecule has 0 spiro atoms. The van der Waals surface area contributed by atoms with E-state index >= 15 is 0 Å². The van der Waals surface area contributed by atoms with Gasteiger partial charge in [-0.1, -0.05) is 0 Å². The summed E-state index contributed by atoms with van der Waals surface area (Å²) in [5.74, 6) is -1.02. The molecule has 0 saturated heterocycles. The summed E-state index contributed by atoms with van der Waals surface area (Å²) in [6, 6.07) is -0.261. The highest BCUT2D eigenvalue weighted by molar-refractivity contribution is 5.83. The molecular formula is C12H23N3O4. The van der Waals surface area contributed by atoms with E-state index in [0.717, 1.165) is 0 Å². The molecule has 7 heteroatoms. The molecule has 0 aliphatic carbocycles. The van der Waals surface area contributed by atoms with Gasteiger partial charge >= 0.3 is 12.0 Å². The minimum Gasteiger partial charge on any atom is -0.481 e. The first-order chi connectivity index (χ1) is 8.79. The fraction of sp³-hybridized carbons (Fsp3) is 0.750. The number of carboxylic acid groups (broad SMARTS) is 1. The van der Waals surface area contributed by atoms with Gasteiger partial charge in [-0.3, -0.25) is 9.59 Å². The van der Waals surface area contributed by atoms with Crippen LogP contribution in [0.15, 0.2) is 0 Å². The first kappa shape index (κ1) is 17.2. The van der Waals surface area contributed by atoms with Gasteiger partial charge in [-0.05, 0) is 13.3 Å². The Morgan fingerprint density at radius 3 is 2.11 bits per heavy atom. The van der Waals surface area contributed by atoms with E-state index in [1.807, 2.05) is 0 Å². The minimum absolute atomic E-state index is 0.0281. The number of carbonyl (C=O) groups is 3. The summed E-state index contributed by atoms with van der Waals surface area (Å²) in [6.07, 6.45) is 0.428. The number of aliphatic carboxylic acids is 1. The van der Waals surface area contributed by atoms with Crippen LogP contribution in [0.25, 0.3) is 0 Å². The van der Waals surface area contributed by atoms with Gasteiger partial charge in [0, 0.05) is 40.7 Å². The first-order valence-corrected chi connectivity index (χ1v) is 6.21. The maximum absolute atomic E-state index is 12.0. The van der Waals surface area contributed by atoms with Gasteiger partial charge in [-0.2, -0.15) is 0 Å². The van der Waals surface area contributed by atoms with Crippen LogP contribution in [0.3, 0.4) is 0 Å². The van der Waals surface area contributed by atoms with Crippen LogP contribution in [0.5, 0.6) is 0 Å². The quantitative estimate of drug-likeness (QED) is 0.724. The van der Waals surface area contributed by atoms with Gasteiger partial charge in [-0.25, -0.2) is 4.79 Å². The average molecular weight is 273 g/mol. The Morgan fingerprint density at radius 2 is 1.68 bits per heavy atom. The zero-order chi connectivity index (χ0) is 15.0. The van der Waals surface area contributed by atoms with E-state index in [4.69, 9.17) is 5.11 Å². The van der Waals surface area contributed by atoms with E-state index in [0.29, 0.717) is 19.5 Å². The molecule has 3 amide bonds. The number of carboxylic acids is 1. The molecule has 0 aromatic heterocycles. The SMILES string of the molecule is CCN(CC(=O)N(C)C)C(=O)N(C)CCCC(=O)O. The van der Waals surface area contributed by atoms with Crippen molar-refractivity contribution in [3.05, 3.63) is 0 Å². The standard InChI is InChI=1S/C12H23N3O4/c1-5-15(9-10(16)13(2)3)12(19)14(4)8-6-7-11(17)18/h5-9H2,1-4H3,(H,17,18). The second kappa shape index (κ2) is 8.34. The zero-order valence-electron chi connectivity index (χ0n) is 12.0. The van der Waals surface area contributed by atoms with Gasteiger partial charge < -0.3 is 19.8 Å². The number of amides is 3. The Morgan fingerprint density at radius 1 is 1.11 bits per heavy atom. The molecule has 19 heavy (non-hydrogen) atoms. The van der Waals surface area contributed by atoms with Crippen LogP contribution in [0.2, 0.25) is 0 Å². The number of nitrogens with zero attached hydrogens (tertiary/aromatic N) is 3. The summed E-state index contributed by atoms with van der Waals surface area (Å²) in [7, 11) is 4.88. The Bertz CT molecular complexity index is 331. The van der Waals surface area contributed by atoms with E-state index < -0.39 is 5.97 Å². The van der Waals surface area contributed by atoms with Crippen LogP contribution >= 0.6 is 0 Å². The summed E-state index contributed by atoms with van der Waals surface area (Å²) in [4.78, 5) is 38.3. The molecule has 0 radical (unpaired) electrons. The lowest BCUT2D eigenvalue weighted by atomic mass is 10.3. The van der Waals surface area contributed by atoms with Crippen molar-refractivity contribution in [1.29, 1.82) is 0 Å². The van der Waals surface area contributed by atoms with Crippen molar-refractivity contribution >= 4 is 17.9 Å². The van der Waals surface area contributed by atoms with Crippen molar-refractivity contribution in [2.75, 3.05) is 40.8 Å². The van der Waals surface area contributed by atoms with Crippen LogP contribution < -0.4 is 0 Å². The van der Waals surface area contributed by atoms with Crippen molar-refractivity contribution < 1.29 is 19.5 Å². The number of hydrogen-bond acceptors (Lipinski definition) is 3. The highest BCUT2D eigenvalue weighted by atomic mass is 16.4. The molecule has 0 fully saturated rings. The Hall–Kier alpha value is -1.79. The Labute approximate surface area is 113 Å². The molecule has 0 saturated carbocycles. The largest absolute Gasteiger partial charge is 0.481 e. The summed E-state index contributed by atoms with van der Waals surface area (Å²) < 4.78 is 0. The van der Waals surface area contributed by atoms with Gasteiger partial charge in [0.2, 0.25) is 5.91 Å². The molecule has 0 rings (SSSR count). The topological polar surface area (TPSA) is 81.2 Å². The molecular weight excluding hydrogens is 250 g/mol. The third kappa shape index (κ3) is 6.64. The van der Waals surface area contributed by atoms with Gasteiger partial charge in [0.25, 0.3) is 0 Å².